The van der Waals surface area contributed by atoms with Gasteiger partial charge in [-0.05, 0) is 29.8 Å². The van der Waals surface area contributed by atoms with Crippen molar-refractivity contribution < 1.29 is 4.79 Å². The number of rotatable bonds is 4. The van der Waals surface area contributed by atoms with E-state index >= 15 is 0 Å². The predicted octanol–water partition coefficient (Wildman–Crippen LogP) is 2.35. The molecule has 1 amide bonds. The lowest BCUT2D eigenvalue weighted by atomic mass is 10.1. The van der Waals surface area contributed by atoms with Crippen molar-refractivity contribution in [1.29, 1.82) is 5.26 Å². The minimum Gasteiger partial charge on any atom is -0.337 e. The number of aromatic nitrogens is 3. The number of benzene rings is 1. The summed E-state index contributed by atoms with van der Waals surface area (Å²) in [5.41, 5.74) is 2.12. The molecule has 0 bridgehead atoms. The lowest BCUT2D eigenvalue weighted by Crippen LogP contribution is -2.27. The van der Waals surface area contributed by atoms with Crippen molar-refractivity contribution in [3.63, 3.8) is 0 Å². The number of nitrogens with zero attached hydrogens (tertiary/aromatic N) is 5. The maximum Gasteiger partial charge on any atom is 0.259 e. The fourth-order valence-corrected chi connectivity index (χ4v) is 2.60. The standard InChI is InChI=1S/C18H17N5O/c1-21(13-15-7-5-14(11-19)6-8-15)18(24)16-12-20-22(2)17(16)23-9-3-4-10-23/h3-10,12H,13H2,1-2H3. The second-order valence-corrected chi connectivity index (χ2v) is 5.57. The average molecular weight is 319 g/mol. The molecular formula is C18H17N5O. The molecule has 120 valence electrons. The summed E-state index contributed by atoms with van der Waals surface area (Å²) >= 11 is 0. The molecule has 3 rings (SSSR count). The van der Waals surface area contributed by atoms with Gasteiger partial charge < -0.3 is 9.47 Å². The highest BCUT2D eigenvalue weighted by molar-refractivity contribution is 5.96. The Hall–Kier alpha value is -3.33. The molecule has 0 saturated carbocycles. The molecule has 6 heteroatoms. The molecule has 0 saturated heterocycles. The van der Waals surface area contributed by atoms with Crippen LogP contribution in [0.2, 0.25) is 0 Å². The van der Waals surface area contributed by atoms with Crippen LogP contribution in [-0.4, -0.2) is 32.2 Å². The summed E-state index contributed by atoms with van der Waals surface area (Å²) in [5.74, 6) is 0.632. The average Bonchev–Trinajstić information content (AvgIpc) is 3.24. The Morgan fingerprint density at radius 3 is 2.54 bits per heavy atom. The zero-order valence-electron chi connectivity index (χ0n) is 13.5. The van der Waals surface area contributed by atoms with Crippen molar-refractivity contribution in [3.8, 4) is 11.9 Å². The van der Waals surface area contributed by atoms with Crippen LogP contribution in [-0.2, 0) is 13.6 Å². The summed E-state index contributed by atoms with van der Waals surface area (Å²) in [4.78, 5) is 14.5. The van der Waals surface area contributed by atoms with Gasteiger partial charge in [0.25, 0.3) is 5.91 Å². The Labute approximate surface area is 140 Å². The first-order chi connectivity index (χ1) is 11.6. The maximum absolute atomic E-state index is 12.8. The van der Waals surface area contributed by atoms with E-state index in [-0.39, 0.29) is 5.91 Å². The number of hydrogen-bond acceptors (Lipinski definition) is 3. The molecule has 2 heterocycles. The van der Waals surface area contributed by atoms with Gasteiger partial charge in [0.1, 0.15) is 11.4 Å². The van der Waals surface area contributed by atoms with E-state index in [1.807, 2.05) is 48.3 Å². The van der Waals surface area contributed by atoms with Crippen LogP contribution < -0.4 is 0 Å². The summed E-state index contributed by atoms with van der Waals surface area (Å²) < 4.78 is 3.55. The molecule has 0 aliphatic carbocycles. The highest BCUT2D eigenvalue weighted by atomic mass is 16.2. The fraction of sp³-hybridized carbons (Fsp3) is 0.167. The summed E-state index contributed by atoms with van der Waals surface area (Å²) in [6.45, 7) is 0.463. The third kappa shape index (κ3) is 2.92. The van der Waals surface area contributed by atoms with Crippen LogP contribution in [0.4, 0.5) is 0 Å². The van der Waals surface area contributed by atoms with E-state index in [0.29, 0.717) is 17.7 Å². The van der Waals surface area contributed by atoms with E-state index in [1.165, 1.54) is 0 Å². The lowest BCUT2D eigenvalue weighted by molar-refractivity contribution is 0.0785. The largest absolute Gasteiger partial charge is 0.337 e. The summed E-state index contributed by atoms with van der Waals surface area (Å²) in [6.07, 6.45) is 5.36. The quantitative estimate of drug-likeness (QED) is 0.741. The number of amides is 1. The monoisotopic (exact) mass is 319 g/mol. The van der Waals surface area contributed by atoms with Crippen molar-refractivity contribution in [2.75, 3.05) is 7.05 Å². The highest BCUT2D eigenvalue weighted by Gasteiger charge is 2.20. The Balaban J connectivity index is 1.83. The molecule has 0 fully saturated rings. The maximum atomic E-state index is 12.8. The number of nitriles is 1. The van der Waals surface area contributed by atoms with E-state index in [0.717, 1.165) is 11.4 Å². The minimum atomic E-state index is -0.101. The first-order valence-corrected chi connectivity index (χ1v) is 7.50. The topological polar surface area (TPSA) is 66.8 Å². The van der Waals surface area contributed by atoms with Crippen LogP contribution in [0.5, 0.6) is 0 Å². The minimum absolute atomic E-state index is 0.101. The van der Waals surface area contributed by atoms with Gasteiger partial charge in [-0.2, -0.15) is 10.4 Å². The SMILES string of the molecule is CN(Cc1ccc(C#N)cc1)C(=O)c1cnn(C)c1-n1cccc1. The van der Waals surface area contributed by atoms with E-state index in [4.69, 9.17) is 5.26 Å². The van der Waals surface area contributed by atoms with Crippen molar-refractivity contribution in [1.82, 2.24) is 19.2 Å². The zero-order chi connectivity index (χ0) is 17.1. The van der Waals surface area contributed by atoms with Gasteiger partial charge in [-0.25, -0.2) is 0 Å². The second-order valence-electron chi connectivity index (χ2n) is 5.57. The van der Waals surface area contributed by atoms with Crippen molar-refractivity contribution in [2.24, 2.45) is 7.05 Å². The van der Waals surface area contributed by atoms with Crippen molar-refractivity contribution in [2.45, 2.75) is 6.54 Å². The molecule has 3 aromatic rings. The van der Waals surface area contributed by atoms with Gasteiger partial charge in [0, 0.05) is 33.0 Å². The van der Waals surface area contributed by atoms with Crippen LogP contribution in [0.3, 0.4) is 0 Å². The van der Waals surface area contributed by atoms with Crippen LogP contribution in [0.15, 0.2) is 55.0 Å². The molecule has 1 aromatic carbocycles. The van der Waals surface area contributed by atoms with Gasteiger partial charge in [0.2, 0.25) is 0 Å². The van der Waals surface area contributed by atoms with Crippen LogP contribution in [0, 0.1) is 11.3 Å². The summed E-state index contributed by atoms with van der Waals surface area (Å²) in [7, 11) is 3.57. The van der Waals surface area contributed by atoms with Gasteiger partial charge in [-0.1, -0.05) is 12.1 Å². The van der Waals surface area contributed by atoms with Gasteiger partial charge >= 0.3 is 0 Å². The second kappa shape index (κ2) is 6.42. The van der Waals surface area contributed by atoms with Crippen LogP contribution >= 0.6 is 0 Å². The molecule has 0 radical (unpaired) electrons. The van der Waals surface area contributed by atoms with Crippen LogP contribution in [0.25, 0.3) is 5.82 Å². The Bertz CT molecular complexity index is 885. The molecular weight excluding hydrogens is 302 g/mol. The third-order valence-electron chi connectivity index (χ3n) is 3.84. The van der Waals surface area contributed by atoms with Crippen molar-refractivity contribution >= 4 is 5.91 Å². The molecule has 0 N–H and O–H groups in total. The van der Waals surface area contributed by atoms with E-state index < -0.39 is 0 Å². The molecule has 0 unspecified atom stereocenters. The lowest BCUT2D eigenvalue weighted by Gasteiger charge is -2.18. The first kappa shape index (κ1) is 15.6. The fourth-order valence-electron chi connectivity index (χ4n) is 2.60. The Morgan fingerprint density at radius 1 is 1.25 bits per heavy atom. The number of aryl methyl sites for hydroxylation is 1. The molecule has 0 aliphatic heterocycles. The molecule has 6 nitrogen and oxygen atoms in total. The molecule has 0 aliphatic rings. The van der Waals surface area contributed by atoms with Gasteiger partial charge in [-0.15, -0.1) is 0 Å². The zero-order valence-corrected chi connectivity index (χ0v) is 13.5. The van der Waals surface area contributed by atoms with Crippen molar-refractivity contribution in [3.05, 3.63) is 71.7 Å². The van der Waals surface area contributed by atoms with E-state index in [1.54, 1.807) is 35.0 Å². The molecule has 2 aromatic heterocycles. The highest BCUT2D eigenvalue weighted by Crippen LogP contribution is 2.17. The van der Waals surface area contributed by atoms with Gasteiger partial charge in [0.15, 0.2) is 0 Å². The summed E-state index contributed by atoms with van der Waals surface area (Å²) in [5, 5.41) is 13.1. The van der Waals surface area contributed by atoms with E-state index in [9.17, 15) is 4.79 Å². The Kier molecular flexibility index (Phi) is 4.17. The van der Waals surface area contributed by atoms with Gasteiger partial charge in [0.05, 0.1) is 17.8 Å². The molecule has 24 heavy (non-hydrogen) atoms. The molecule has 0 atom stereocenters. The smallest absolute Gasteiger partial charge is 0.259 e. The van der Waals surface area contributed by atoms with E-state index in [2.05, 4.69) is 11.2 Å². The predicted molar refractivity (Wildman–Crippen MR) is 89.5 cm³/mol. The number of carbonyl (C=O) groups is 1. The Morgan fingerprint density at radius 2 is 1.92 bits per heavy atom. The molecule has 0 spiro atoms. The number of hydrogen-bond donors (Lipinski definition) is 0. The van der Waals surface area contributed by atoms with Gasteiger partial charge in [-0.3, -0.25) is 9.48 Å². The van der Waals surface area contributed by atoms with Crippen LogP contribution in [0.1, 0.15) is 21.5 Å². The normalized spacial score (nSPS) is 10.4. The first-order valence-electron chi connectivity index (χ1n) is 7.50. The summed E-state index contributed by atoms with van der Waals surface area (Å²) in [6, 6.07) is 13.1. The number of carbonyl (C=O) groups excluding carboxylic acids is 1. The third-order valence-corrected chi connectivity index (χ3v) is 3.84.